The van der Waals surface area contributed by atoms with Gasteiger partial charge in [0.05, 0.1) is 5.92 Å². The van der Waals surface area contributed by atoms with Gasteiger partial charge in [-0.15, -0.1) is 0 Å². The number of nitrogens with zero attached hydrogens (tertiary/aromatic N) is 2. The number of hydrogen-bond acceptors (Lipinski definition) is 3. The van der Waals surface area contributed by atoms with Gasteiger partial charge in [-0.2, -0.15) is 0 Å². The summed E-state index contributed by atoms with van der Waals surface area (Å²) in [7, 11) is 1.57. The molecule has 19 heavy (non-hydrogen) atoms. The molecule has 0 saturated carbocycles. The van der Waals surface area contributed by atoms with Gasteiger partial charge < -0.3 is 15.1 Å². The number of rotatable bonds is 2. The lowest BCUT2D eigenvalue weighted by Crippen LogP contribution is -2.43. The van der Waals surface area contributed by atoms with Crippen molar-refractivity contribution in [3.63, 3.8) is 0 Å². The average molecular weight is 271 g/mol. The summed E-state index contributed by atoms with van der Waals surface area (Å²) in [4.78, 5) is 38.7. The van der Waals surface area contributed by atoms with Crippen molar-refractivity contribution in [3.8, 4) is 0 Å². The number of amides is 3. The molecule has 6 nitrogen and oxygen atoms in total. The third-order valence-electron chi connectivity index (χ3n) is 3.39. The SMILES string of the molecule is CNC(=O)C1CN(C(C)=O)CCN(C(=O)C(C)C)C1.[HH]. The number of carbonyl (C=O) groups excluding carboxylic acids is 3. The molecule has 0 spiro atoms. The minimum absolute atomic E-state index is 0. The Morgan fingerprint density at radius 3 is 2.16 bits per heavy atom. The summed E-state index contributed by atoms with van der Waals surface area (Å²) in [6.45, 7) is 6.89. The van der Waals surface area contributed by atoms with Crippen molar-refractivity contribution in [2.24, 2.45) is 11.8 Å². The second-order valence-corrected chi connectivity index (χ2v) is 5.22. The van der Waals surface area contributed by atoms with Crippen molar-refractivity contribution < 1.29 is 15.8 Å². The van der Waals surface area contributed by atoms with Crippen LogP contribution in [0.15, 0.2) is 0 Å². The van der Waals surface area contributed by atoms with Crippen LogP contribution in [-0.2, 0) is 14.4 Å². The molecule has 1 fully saturated rings. The summed E-state index contributed by atoms with van der Waals surface area (Å²) < 4.78 is 0. The highest BCUT2D eigenvalue weighted by atomic mass is 16.2. The Bertz CT molecular complexity index is 374. The van der Waals surface area contributed by atoms with E-state index < -0.39 is 0 Å². The molecule has 1 aliphatic heterocycles. The summed E-state index contributed by atoms with van der Waals surface area (Å²) in [6.07, 6.45) is 0. The van der Waals surface area contributed by atoms with Crippen LogP contribution < -0.4 is 5.32 Å². The molecule has 0 bridgehead atoms. The lowest BCUT2D eigenvalue weighted by atomic mass is 10.1. The molecule has 0 aromatic carbocycles. The van der Waals surface area contributed by atoms with Crippen molar-refractivity contribution in [3.05, 3.63) is 0 Å². The van der Waals surface area contributed by atoms with E-state index in [1.165, 1.54) is 6.92 Å². The molecule has 1 N–H and O–H groups in total. The molecular weight excluding hydrogens is 246 g/mol. The van der Waals surface area contributed by atoms with Crippen LogP contribution in [0.25, 0.3) is 0 Å². The summed E-state index contributed by atoms with van der Waals surface area (Å²) in [6, 6.07) is 0. The summed E-state index contributed by atoms with van der Waals surface area (Å²) in [5, 5.41) is 2.60. The van der Waals surface area contributed by atoms with Gasteiger partial charge in [0.25, 0.3) is 0 Å². The van der Waals surface area contributed by atoms with Crippen LogP contribution in [0.2, 0.25) is 0 Å². The first kappa shape index (κ1) is 15.5. The molecular formula is C13H25N3O3. The van der Waals surface area contributed by atoms with Gasteiger partial charge in [0.1, 0.15) is 0 Å². The molecule has 1 saturated heterocycles. The Balaban J connectivity index is 0.00000361. The van der Waals surface area contributed by atoms with Crippen LogP contribution in [0.3, 0.4) is 0 Å². The predicted octanol–water partition coefficient (Wildman–Crippen LogP) is -0.0587. The third-order valence-corrected chi connectivity index (χ3v) is 3.39. The first-order valence-corrected chi connectivity index (χ1v) is 6.62. The summed E-state index contributed by atoms with van der Waals surface area (Å²) in [5.74, 6) is -0.630. The minimum Gasteiger partial charge on any atom is -0.359 e. The van der Waals surface area contributed by atoms with Gasteiger partial charge in [0.15, 0.2) is 0 Å². The van der Waals surface area contributed by atoms with E-state index >= 15 is 0 Å². The fourth-order valence-corrected chi connectivity index (χ4v) is 2.24. The van der Waals surface area contributed by atoms with Crippen LogP contribution in [0.4, 0.5) is 0 Å². The zero-order chi connectivity index (χ0) is 14.6. The zero-order valence-electron chi connectivity index (χ0n) is 12.1. The maximum Gasteiger partial charge on any atom is 0.226 e. The maximum absolute atomic E-state index is 12.1. The normalized spacial score (nSPS) is 20.2. The molecule has 3 amide bonds. The van der Waals surface area contributed by atoms with Gasteiger partial charge in [0, 0.05) is 47.5 Å². The molecule has 0 radical (unpaired) electrons. The fraction of sp³-hybridized carbons (Fsp3) is 0.769. The van der Waals surface area contributed by atoms with Crippen molar-refractivity contribution in [1.82, 2.24) is 15.1 Å². The van der Waals surface area contributed by atoms with Gasteiger partial charge in [-0.25, -0.2) is 0 Å². The molecule has 1 heterocycles. The van der Waals surface area contributed by atoms with Crippen LogP contribution in [0.1, 0.15) is 22.2 Å². The van der Waals surface area contributed by atoms with Gasteiger partial charge in [-0.05, 0) is 0 Å². The van der Waals surface area contributed by atoms with Crippen molar-refractivity contribution in [2.75, 3.05) is 33.2 Å². The van der Waals surface area contributed by atoms with Crippen LogP contribution in [0, 0.1) is 11.8 Å². The number of nitrogens with one attached hydrogen (secondary N) is 1. The zero-order valence-corrected chi connectivity index (χ0v) is 12.1. The summed E-state index contributed by atoms with van der Waals surface area (Å²) in [5.41, 5.74) is 0. The second-order valence-electron chi connectivity index (χ2n) is 5.22. The van der Waals surface area contributed by atoms with Gasteiger partial charge in [-0.3, -0.25) is 14.4 Å². The molecule has 1 unspecified atom stereocenters. The lowest BCUT2D eigenvalue weighted by Gasteiger charge is -2.24. The van der Waals surface area contributed by atoms with Crippen LogP contribution in [0.5, 0.6) is 0 Å². The van der Waals surface area contributed by atoms with E-state index in [1.807, 2.05) is 13.8 Å². The van der Waals surface area contributed by atoms with E-state index in [-0.39, 0.29) is 31.0 Å². The van der Waals surface area contributed by atoms with E-state index in [2.05, 4.69) is 5.32 Å². The first-order valence-electron chi connectivity index (χ1n) is 6.62. The third kappa shape index (κ3) is 3.94. The van der Waals surface area contributed by atoms with Gasteiger partial charge in [-0.1, -0.05) is 13.8 Å². The quantitative estimate of drug-likeness (QED) is 0.765. The average Bonchev–Trinajstić information content (AvgIpc) is 2.59. The Morgan fingerprint density at radius 1 is 1.16 bits per heavy atom. The molecule has 0 aromatic heterocycles. The van der Waals surface area contributed by atoms with Crippen LogP contribution >= 0.6 is 0 Å². The Hall–Kier alpha value is -1.59. The van der Waals surface area contributed by atoms with E-state index in [1.54, 1.807) is 16.8 Å². The smallest absolute Gasteiger partial charge is 0.226 e. The topological polar surface area (TPSA) is 69.7 Å². The van der Waals surface area contributed by atoms with Gasteiger partial charge in [0.2, 0.25) is 17.7 Å². The highest BCUT2D eigenvalue weighted by Gasteiger charge is 2.31. The molecule has 0 aromatic rings. The minimum atomic E-state index is -0.362. The largest absolute Gasteiger partial charge is 0.359 e. The lowest BCUT2D eigenvalue weighted by molar-refractivity contribution is -0.135. The number of hydrogen-bond donors (Lipinski definition) is 1. The van der Waals surface area contributed by atoms with Gasteiger partial charge >= 0.3 is 0 Å². The molecule has 1 atom stereocenters. The monoisotopic (exact) mass is 271 g/mol. The first-order chi connectivity index (χ1) is 8.86. The number of carbonyl (C=O) groups is 3. The highest BCUT2D eigenvalue weighted by Crippen LogP contribution is 2.13. The molecule has 110 valence electrons. The van der Waals surface area contributed by atoms with Crippen LogP contribution in [-0.4, -0.2) is 60.7 Å². The molecule has 0 aliphatic carbocycles. The Kier molecular flexibility index (Phi) is 5.32. The Labute approximate surface area is 115 Å². The second kappa shape index (κ2) is 6.54. The maximum atomic E-state index is 12.1. The van der Waals surface area contributed by atoms with Crippen molar-refractivity contribution in [2.45, 2.75) is 20.8 Å². The van der Waals surface area contributed by atoms with E-state index in [0.717, 1.165) is 0 Å². The molecule has 1 aliphatic rings. The molecule has 1 rings (SSSR count). The Morgan fingerprint density at radius 2 is 1.68 bits per heavy atom. The van der Waals surface area contributed by atoms with Crippen molar-refractivity contribution >= 4 is 17.7 Å². The van der Waals surface area contributed by atoms with Crippen molar-refractivity contribution in [1.29, 1.82) is 0 Å². The van der Waals surface area contributed by atoms with E-state index in [0.29, 0.717) is 26.2 Å². The van der Waals surface area contributed by atoms with E-state index in [9.17, 15) is 14.4 Å². The molecule has 6 heteroatoms. The summed E-state index contributed by atoms with van der Waals surface area (Å²) >= 11 is 0. The highest BCUT2D eigenvalue weighted by molar-refractivity contribution is 5.83. The fourth-order valence-electron chi connectivity index (χ4n) is 2.24. The predicted molar refractivity (Wildman–Crippen MR) is 73.3 cm³/mol. The standard InChI is InChI=1S/C13H23N3O3.H2/c1-9(2)13(19)16-6-5-15(10(3)17)7-11(8-16)12(18)14-4;/h9,11H,5-8H2,1-4H3,(H,14,18);1H. The van der Waals surface area contributed by atoms with E-state index in [4.69, 9.17) is 0 Å².